The van der Waals surface area contributed by atoms with Crippen LogP contribution in [-0.4, -0.2) is 19.5 Å². The average Bonchev–Trinajstić information content (AvgIpc) is 2.85. The predicted molar refractivity (Wildman–Crippen MR) is 144 cm³/mol. The number of methoxy groups -OCH3 is 2. The number of benzene rings is 2. The Labute approximate surface area is 213 Å². The molecule has 0 saturated carbocycles. The molecule has 0 aliphatic rings. The Bertz CT molecular complexity index is 865. The monoisotopic (exact) mass is 531 g/mol. The summed E-state index contributed by atoms with van der Waals surface area (Å²) in [6.07, 6.45) is 12.1. The van der Waals surface area contributed by atoms with Gasteiger partial charge in [-0.05, 0) is 49.6 Å². The molecule has 0 aliphatic heterocycles. The van der Waals surface area contributed by atoms with Gasteiger partial charge in [0.25, 0.3) is 0 Å². The van der Waals surface area contributed by atoms with Gasteiger partial charge in [0.05, 0.1) is 20.3 Å². The number of ether oxygens (including phenoxy) is 2. The Morgan fingerprint density at radius 3 is 1.94 bits per heavy atom. The third kappa shape index (κ3) is 8.91. The third-order valence-corrected chi connectivity index (χ3v) is 7.95. The van der Waals surface area contributed by atoms with Gasteiger partial charge in [-0.2, -0.15) is 5.26 Å². The second-order valence-corrected chi connectivity index (χ2v) is 10.7. The number of halogens is 1. The zero-order valence-electron chi connectivity index (χ0n) is 20.4. The van der Waals surface area contributed by atoms with E-state index < -0.39 is 4.75 Å². The van der Waals surface area contributed by atoms with Crippen molar-refractivity contribution in [3.63, 3.8) is 0 Å². The van der Waals surface area contributed by atoms with Crippen LogP contribution in [0.3, 0.4) is 0 Å². The molecule has 0 heterocycles. The molecular weight excluding hydrogens is 494 g/mol. The molecule has 0 amide bonds. The normalized spacial score (nSPS) is 12.7. The summed E-state index contributed by atoms with van der Waals surface area (Å²) in [6.45, 7) is 2.09. The summed E-state index contributed by atoms with van der Waals surface area (Å²) in [7, 11) is 3.28. The number of rotatable bonds is 16. The quantitative estimate of drug-likeness (QED) is 0.123. The van der Waals surface area contributed by atoms with Crippen LogP contribution in [0.25, 0.3) is 0 Å². The molecule has 0 aliphatic carbocycles. The number of nitrogens with zero attached hydrogens (tertiary/aromatic N) is 1. The molecule has 3 nitrogen and oxygen atoms in total. The lowest BCUT2D eigenvalue weighted by Crippen LogP contribution is -2.20. The SMILES string of the molecule is COc1ccc(C(C#N)(CCCCCCCCCCCBr)Sc2ccc(C)cc2)cc1OC. The second-order valence-electron chi connectivity index (χ2n) is 8.54. The van der Waals surface area contributed by atoms with Gasteiger partial charge in [0.15, 0.2) is 11.5 Å². The lowest BCUT2D eigenvalue weighted by molar-refractivity contribution is 0.354. The molecule has 0 spiro atoms. The van der Waals surface area contributed by atoms with Gasteiger partial charge in [0, 0.05) is 10.2 Å². The zero-order valence-corrected chi connectivity index (χ0v) is 22.8. The molecule has 2 rings (SSSR count). The molecule has 1 unspecified atom stereocenters. The van der Waals surface area contributed by atoms with Gasteiger partial charge in [-0.25, -0.2) is 0 Å². The average molecular weight is 533 g/mol. The van der Waals surface area contributed by atoms with Crippen molar-refractivity contribution in [2.45, 2.75) is 80.8 Å². The summed E-state index contributed by atoms with van der Waals surface area (Å²) in [4.78, 5) is 1.11. The first-order valence-corrected chi connectivity index (χ1v) is 14.0. The van der Waals surface area contributed by atoms with Crippen molar-refractivity contribution < 1.29 is 9.47 Å². The van der Waals surface area contributed by atoms with Gasteiger partial charge in [0.2, 0.25) is 0 Å². The number of aryl methyl sites for hydroxylation is 1. The van der Waals surface area contributed by atoms with Crippen LogP contribution < -0.4 is 9.47 Å². The summed E-state index contributed by atoms with van der Waals surface area (Å²) in [5, 5.41) is 11.6. The fourth-order valence-electron chi connectivity index (χ4n) is 4.00. The highest BCUT2D eigenvalue weighted by Gasteiger charge is 2.34. The van der Waals surface area contributed by atoms with E-state index in [1.807, 2.05) is 18.2 Å². The van der Waals surface area contributed by atoms with Crippen molar-refractivity contribution in [2.24, 2.45) is 0 Å². The highest BCUT2D eigenvalue weighted by atomic mass is 79.9. The molecule has 0 fully saturated rings. The highest BCUT2D eigenvalue weighted by molar-refractivity contribution is 9.09. The number of unbranched alkanes of at least 4 members (excludes halogenated alkanes) is 8. The summed E-state index contributed by atoms with van der Waals surface area (Å²) in [6, 6.07) is 17.0. The fraction of sp³-hybridized carbons (Fsp3) is 0.536. The van der Waals surface area contributed by atoms with Crippen molar-refractivity contribution in [3.8, 4) is 17.6 Å². The first kappa shape index (κ1) is 27.6. The van der Waals surface area contributed by atoms with E-state index in [9.17, 15) is 5.26 Å². The lowest BCUT2D eigenvalue weighted by Gasteiger charge is -2.27. The van der Waals surface area contributed by atoms with Crippen LogP contribution in [0.4, 0.5) is 0 Å². The molecule has 0 saturated heterocycles. The standard InChI is InChI=1S/C28H38BrNO2S/c1-23-13-16-25(17-14-23)33-28(22-30,24-15-18-26(31-2)27(21-24)32-3)19-11-9-7-5-4-6-8-10-12-20-29/h13-18,21H,4-12,19-20H2,1-3H3. The summed E-state index contributed by atoms with van der Waals surface area (Å²) in [5.41, 5.74) is 2.19. The minimum atomic E-state index is -0.662. The molecule has 5 heteroatoms. The van der Waals surface area contributed by atoms with Crippen molar-refractivity contribution in [3.05, 3.63) is 53.6 Å². The molecule has 180 valence electrons. The lowest BCUT2D eigenvalue weighted by atomic mass is 9.92. The van der Waals surface area contributed by atoms with Crippen LogP contribution in [0.1, 0.15) is 75.3 Å². The smallest absolute Gasteiger partial charge is 0.161 e. The van der Waals surface area contributed by atoms with Crippen molar-refractivity contribution >= 4 is 27.7 Å². The number of hydrogen-bond donors (Lipinski definition) is 0. The van der Waals surface area contributed by atoms with Gasteiger partial charge in [-0.15, -0.1) is 0 Å². The predicted octanol–water partition coefficient (Wildman–Crippen LogP) is 8.82. The van der Waals surface area contributed by atoms with Crippen molar-refractivity contribution in [1.82, 2.24) is 0 Å². The number of nitriles is 1. The minimum absolute atomic E-state index is 0.662. The van der Waals surface area contributed by atoms with E-state index in [-0.39, 0.29) is 0 Å². The van der Waals surface area contributed by atoms with Crippen LogP contribution >= 0.6 is 27.7 Å². The van der Waals surface area contributed by atoms with Crippen LogP contribution in [0.5, 0.6) is 11.5 Å². The molecule has 1 atom stereocenters. The molecule has 0 radical (unpaired) electrons. The largest absolute Gasteiger partial charge is 0.493 e. The van der Waals surface area contributed by atoms with E-state index in [0.29, 0.717) is 11.5 Å². The van der Waals surface area contributed by atoms with E-state index in [1.54, 1.807) is 26.0 Å². The van der Waals surface area contributed by atoms with Gasteiger partial charge in [-0.3, -0.25) is 0 Å². The van der Waals surface area contributed by atoms with E-state index >= 15 is 0 Å². The molecule has 0 aromatic heterocycles. The summed E-state index contributed by atoms with van der Waals surface area (Å²) >= 11 is 5.15. The van der Waals surface area contributed by atoms with Crippen LogP contribution in [-0.2, 0) is 4.75 Å². The second kappa shape index (κ2) is 15.3. The Morgan fingerprint density at radius 2 is 1.39 bits per heavy atom. The zero-order chi connectivity index (χ0) is 23.9. The molecule has 0 N–H and O–H groups in total. The number of thioether (sulfide) groups is 1. The maximum atomic E-state index is 10.4. The topological polar surface area (TPSA) is 42.2 Å². The molecule has 2 aromatic carbocycles. The van der Waals surface area contributed by atoms with E-state index in [1.165, 1.54) is 50.5 Å². The highest BCUT2D eigenvalue weighted by Crippen LogP contribution is 2.47. The van der Waals surface area contributed by atoms with Crippen molar-refractivity contribution in [2.75, 3.05) is 19.5 Å². The molecule has 0 bridgehead atoms. The van der Waals surface area contributed by atoms with Crippen LogP contribution in [0.2, 0.25) is 0 Å². The maximum absolute atomic E-state index is 10.4. The Hall–Kier alpha value is -1.64. The number of hydrogen-bond acceptors (Lipinski definition) is 4. The first-order chi connectivity index (χ1) is 16.1. The minimum Gasteiger partial charge on any atom is -0.493 e. The maximum Gasteiger partial charge on any atom is 0.161 e. The van der Waals surface area contributed by atoms with Gasteiger partial charge >= 0.3 is 0 Å². The van der Waals surface area contributed by atoms with E-state index in [2.05, 4.69) is 53.2 Å². The van der Waals surface area contributed by atoms with Crippen LogP contribution in [0.15, 0.2) is 47.4 Å². The Morgan fingerprint density at radius 1 is 0.818 bits per heavy atom. The number of alkyl halides is 1. The molecule has 33 heavy (non-hydrogen) atoms. The van der Waals surface area contributed by atoms with E-state index in [4.69, 9.17) is 9.47 Å². The van der Waals surface area contributed by atoms with E-state index in [0.717, 1.165) is 35.1 Å². The summed E-state index contributed by atoms with van der Waals surface area (Å²) in [5.74, 6) is 1.35. The van der Waals surface area contributed by atoms with Crippen molar-refractivity contribution in [1.29, 1.82) is 5.26 Å². The van der Waals surface area contributed by atoms with Gasteiger partial charge < -0.3 is 9.47 Å². The summed E-state index contributed by atoms with van der Waals surface area (Å²) < 4.78 is 10.3. The Kier molecular flexibility index (Phi) is 12.8. The van der Waals surface area contributed by atoms with Gasteiger partial charge in [-0.1, -0.05) is 103 Å². The fourth-order valence-corrected chi connectivity index (χ4v) is 5.61. The van der Waals surface area contributed by atoms with Gasteiger partial charge in [0.1, 0.15) is 4.75 Å². The third-order valence-electron chi connectivity index (χ3n) is 6.01. The molecule has 2 aromatic rings. The first-order valence-electron chi connectivity index (χ1n) is 12.0. The van der Waals surface area contributed by atoms with Crippen LogP contribution in [0, 0.1) is 18.3 Å². The molecular formula is C28H38BrNO2S. The Balaban J connectivity index is 2.06.